The van der Waals surface area contributed by atoms with Gasteiger partial charge in [-0.25, -0.2) is 4.98 Å². The molecule has 5 heteroatoms. The molecule has 0 unspecified atom stereocenters. The van der Waals surface area contributed by atoms with E-state index < -0.39 is 0 Å². The average molecular weight is 350 g/mol. The molecular formula is C20H22N4S. The molecule has 0 saturated carbocycles. The molecule has 0 radical (unpaired) electrons. The van der Waals surface area contributed by atoms with E-state index in [-0.39, 0.29) is 0 Å². The third-order valence-corrected chi connectivity index (χ3v) is 4.64. The van der Waals surface area contributed by atoms with E-state index in [2.05, 4.69) is 69.3 Å². The Morgan fingerprint density at radius 3 is 2.60 bits per heavy atom. The largest absolute Gasteiger partial charge is 0.352 e. The lowest BCUT2D eigenvalue weighted by atomic mass is 10.1. The number of hydrogen-bond acceptors (Lipinski definition) is 3. The Morgan fingerprint density at radius 1 is 1.04 bits per heavy atom. The summed E-state index contributed by atoms with van der Waals surface area (Å²) >= 11 is 1.66. The first-order chi connectivity index (χ1) is 12.2. The van der Waals surface area contributed by atoms with Crippen LogP contribution >= 0.6 is 11.3 Å². The van der Waals surface area contributed by atoms with Gasteiger partial charge >= 0.3 is 0 Å². The minimum Gasteiger partial charge on any atom is -0.352 e. The fourth-order valence-electron chi connectivity index (χ4n) is 2.52. The van der Waals surface area contributed by atoms with E-state index in [1.165, 1.54) is 11.1 Å². The van der Waals surface area contributed by atoms with Crippen LogP contribution in [0.25, 0.3) is 11.3 Å². The van der Waals surface area contributed by atoms with E-state index in [9.17, 15) is 0 Å². The molecule has 0 spiro atoms. The summed E-state index contributed by atoms with van der Waals surface area (Å²) in [6.45, 7) is 3.50. The topological polar surface area (TPSA) is 49.3 Å². The molecule has 0 amide bonds. The van der Waals surface area contributed by atoms with Gasteiger partial charge in [-0.1, -0.05) is 60.2 Å². The van der Waals surface area contributed by atoms with E-state index in [1.54, 1.807) is 18.4 Å². The molecule has 0 aliphatic carbocycles. The van der Waals surface area contributed by atoms with Gasteiger partial charge in [0.25, 0.3) is 0 Å². The van der Waals surface area contributed by atoms with Crippen molar-refractivity contribution in [1.29, 1.82) is 0 Å². The minimum atomic E-state index is 0.658. The highest BCUT2D eigenvalue weighted by Gasteiger charge is 2.05. The lowest BCUT2D eigenvalue weighted by Crippen LogP contribution is -2.36. The van der Waals surface area contributed by atoms with Gasteiger partial charge in [-0.05, 0) is 12.5 Å². The number of rotatable bonds is 5. The zero-order valence-electron chi connectivity index (χ0n) is 14.5. The summed E-state index contributed by atoms with van der Waals surface area (Å²) in [4.78, 5) is 8.97. The van der Waals surface area contributed by atoms with Crippen molar-refractivity contribution < 1.29 is 0 Å². The number of thiazole rings is 1. The zero-order chi connectivity index (χ0) is 17.5. The second-order valence-electron chi connectivity index (χ2n) is 5.76. The normalized spacial score (nSPS) is 11.4. The quantitative estimate of drug-likeness (QED) is 0.540. The number of benzene rings is 2. The van der Waals surface area contributed by atoms with Crippen molar-refractivity contribution in [3.63, 3.8) is 0 Å². The second kappa shape index (κ2) is 8.44. The molecule has 25 heavy (non-hydrogen) atoms. The van der Waals surface area contributed by atoms with Gasteiger partial charge in [-0.15, -0.1) is 11.3 Å². The maximum atomic E-state index is 4.69. The van der Waals surface area contributed by atoms with Crippen molar-refractivity contribution in [1.82, 2.24) is 15.6 Å². The lowest BCUT2D eigenvalue weighted by molar-refractivity contribution is 0.805. The van der Waals surface area contributed by atoms with Gasteiger partial charge in [0.05, 0.1) is 12.2 Å². The molecule has 3 aromatic rings. The van der Waals surface area contributed by atoms with Gasteiger partial charge in [0.15, 0.2) is 5.96 Å². The Morgan fingerprint density at radius 2 is 1.84 bits per heavy atom. The summed E-state index contributed by atoms with van der Waals surface area (Å²) in [6, 6.07) is 18.7. The van der Waals surface area contributed by atoms with Gasteiger partial charge in [-0.2, -0.15) is 0 Å². The van der Waals surface area contributed by atoms with Crippen LogP contribution in [-0.2, 0) is 13.1 Å². The molecule has 128 valence electrons. The van der Waals surface area contributed by atoms with Gasteiger partial charge in [0.2, 0.25) is 0 Å². The van der Waals surface area contributed by atoms with Crippen LogP contribution in [0.5, 0.6) is 0 Å². The predicted octanol–water partition coefficient (Wildman–Crippen LogP) is 3.98. The summed E-state index contributed by atoms with van der Waals surface area (Å²) in [5.41, 5.74) is 4.67. The predicted molar refractivity (Wildman–Crippen MR) is 106 cm³/mol. The molecule has 4 nitrogen and oxygen atoms in total. The van der Waals surface area contributed by atoms with Crippen LogP contribution in [0.3, 0.4) is 0 Å². The molecule has 0 fully saturated rings. The van der Waals surface area contributed by atoms with E-state index >= 15 is 0 Å². The van der Waals surface area contributed by atoms with Crippen LogP contribution in [0.2, 0.25) is 0 Å². The molecule has 0 aliphatic rings. The second-order valence-corrected chi connectivity index (χ2v) is 6.70. The monoisotopic (exact) mass is 350 g/mol. The van der Waals surface area contributed by atoms with Gasteiger partial charge in [0, 0.05) is 24.5 Å². The van der Waals surface area contributed by atoms with Gasteiger partial charge in [-0.3, -0.25) is 4.99 Å². The highest BCUT2D eigenvalue weighted by Crippen LogP contribution is 2.21. The van der Waals surface area contributed by atoms with Gasteiger partial charge < -0.3 is 10.6 Å². The molecule has 2 N–H and O–H groups in total. The SMILES string of the molecule is CN=C(NCc1cccc(C)c1)NCc1nc(-c2ccccc2)cs1. The highest BCUT2D eigenvalue weighted by molar-refractivity contribution is 7.09. The Balaban J connectivity index is 1.54. The number of nitrogens with one attached hydrogen (secondary N) is 2. The van der Waals surface area contributed by atoms with Crippen LogP contribution in [0.15, 0.2) is 65.0 Å². The van der Waals surface area contributed by atoms with E-state index in [0.29, 0.717) is 6.54 Å². The maximum absolute atomic E-state index is 4.69. The first-order valence-electron chi connectivity index (χ1n) is 8.24. The molecule has 3 rings (SSSR count). The van der Waals surface area contributed by atoms with E-state index in [1.807, 2.05) is 18.2 Å². The number of nitrogens with zero attached hydrogens (tertiary/aromatic N) is 2. The average Bonchev–Trinajstić information content (AvgIpc) is 3.12. The Bertz CT molecular complexity index is 840. The number of hydrogen-bond donors (Lipinski definition) is 2. The van der Waals surface area contributed by atoms with E-state index in [0.717, 1.165) is 28.8 Å². The number of aromatic nitrogens is 1. The zero-order valence-corrected chi connectivity index (χ0v) is 15.3. The summed E-state index contributed by atoms with van der Waals surface area (Å²) in [5, 5.41) is 9.79. The minimum absolute atomic E-state index is 0.658. The van der Waals surface area contributed by atoms with Crippen LogP contribution in [0.1, 0.15) is 16.1 Å². The molecule has 0 bridgehead atoms. The molecule has 2 aromatic carbocycles. The lowest BCUT2D eigenvalue weighted by Gasteiger charge is -2.11. The number of aliphatic imine (C=N–C) groups is 1. The fraction of sp³-hybridized carbons (Fsp3) is 0.200. The third-order valence-electron chi connectivity index (χ3n) is 3.79. The summed E-state index contributed by atoms with van der Waals surface area (Å²) in [5.74, 6) is 0.776. The van der Waals surface area contributed by atoms with Crippen molar-refractivity contribution in [3.05, 3.63) is 76.1 Å². The first-order valence-corrected chi connectivity index (χ1v) is 9.12. The van der Waals surface area contributed by atoms with Crippen molar-refractivity contribution >= 4 is 17.3 Å². The van der Waals surface area contributed by atoms with Crippen molar-refractivity contribution in [2.45, 2.75) is 20.0 Å². The maximum Gasteiger partial charge on any atom is 0.191 e. The third kappa shape index (κ3) is 4.90. The van der Waals surface area contributed by atoms with Gasteiger partial charge in [0.1, 0.15) is 5.01 Å². The molecule has 0 atom stereocenters. The molecule has 0 saturated heterocycles. The van der Waals surface area contributed by atoms with Crippen LogP contribution < -0.4 is 10.6 Å². The number of guanidine groups is 1. The summed E-state index contributed by atoms with van der Waals surface area (Å²) in [7, 11) is 1.78. The Hall–Kier alpha value is -2.66. The van der Waals surface area contributed by atoms with Crippen LogP contribution in [0, 0.1) is 6.92 Å². The van der Waals surface area contributed by atoms with Crippen molar-refractivity contribution in [2.24, 2.45) is 4.99 Å². The fourth-order valence-corrected chi connectivity index (χ4v) is 3.26. The van der Waals surface area contributed by atoms with Crippen LogP contribution in [-0.4, -0.2) is 18.0 Å². The number of aryl methyl sites for hydroxylation is 1. The standard InChI is InChI=1S/C20H22N4S/c1-15-7-6-8-16(11-15)12-22-20(21-2)23-13-19-24-18(14-25-19)17-9-4-3-5-10-17/h3-11,14H,12-13H2,1-2H3,(H2,21,22,23). The summed E-state index contributed by atoms with van der Waals surface area (Å²) in [6.07, 6.45) is 0. The molecular weight excluding hydrogens is 328 g/mol. The Kier molecular flexibility index (Phi) is 5.80. The molecule has 1 heterocycles. The van der Waals surface area contributed by atoms with Crippen LogP contribution in [0.4, 0.5) is 0 Å². The Labute approximate surface area is 152 Å². The summed E-state index contributed by atoms with van der Waals surface area (Å²) < 4.78 is 0. The molecule has 0 aliphatic heterocycles. The molecule has 1 aromatic heterocycles. The highest BCUT2D eigenvalue weighted by atomic mass is 32.1. The van der Waals surface area contributed by atoms with Crippen molar-refractivity contribution in [3.8, 4) is 11.3 Å². The smallest absolute Gasteiger partial charge is 0.191 e. The van der Waals surface area contributed by atoms with E-state index in [4.69, 9.17) is 0 Å². The van der Waals surface area contributed by atoms with Crippen molar-refractivity contribution in [2.75, 3.05) is 7.05 Å². The first kappa shape index (κ1) is 17.2.